The Morgan fingerprint density at radius 1 is 1.03 bits per heavy atom. The first kappa shape index (κ1) is 18.9. The number of hydrogen-bond donors (Lipinski definition) is 0. The zero-order valence-corrected chi connectivity index (χ0v) is 19.2. The van der Waals surface area contributed by atoms with Crippen molar-refractivity contribution in [3.63, 3.8) is 0 Å². The number of thiophene rings is 1. The van der Waals surface area contributed by atoms with Gasteiger partial charge in [0.2, 0.25) is 6.23 Å². The van der Waals surface area contributed by atoms with Crippen molar-refractivity contribution in [2.24, 2.45) is 0 Å². The van der Waals surface area contributed by atoms with E-state index in [1.165, 1.54) is 36.6 Å². The summed E-state index contributed by atoms with van der Waals surface area (Å²) in [5.41, 5.74) is 2.30. The van der Waals surface area contributed by atoms with Gasteiger partial charge in [0.15, 0.2) is 0 Å². The number of hydrogen-bond acceptors (Lipinski definition) is 2. The lowest BCUT2D eigenvalue weighted by molar-refractivity contribution is 0.176. The number of rotatable bonds is 2. The van der Waals surface area contributed by atoms with Gasteiger partial charge in [0.1, 0.15) is 11.6 Å². The summed E-state index contributed by atoms with van der Waals surface area (Å²) in [6.45, 7) is 0. The van der Waals surface area contributed by atoms with Crippen LogP contribution in [-0.2, 0) is 0 Å². The van der Waals surface area contributed by atoms with Crippen LogP contribution in [0.5, 0.6) is 5.75 Å². The van der Waals surface area contributed by atoms with Crippen molar-refractivity contribution in [1.29, 1.82) is 0 Å². The fourth-order valence-electron chi connectivity index (χ4n) is 4.83. The van der Waals surface area contributed by atoms with Crippen LogP contribution >= 0.6 is 38.9 Å². The fraction of sp³-hybridized carbons (Fsp3) is 0.250. The maximum atomic E-state index is 15.0. The SMILES string of the molecule is Fc1cc(Br)cc2c1-c1cc3cc(Cl)ccc3n1C(c1ccc(C3CCCC3)s1)O2. The number of aromatic nitrogens is 1. The second kappa shape index (κ2) is 7.11. The summed E-state index contributed by atoms with van der Waals surface area (Å²) < 4.78 is 24.2. The van der Waals surface area contributed by atoms with E-state index in [-0.39, 0.29) is 12.0 Å². The molecular weight excluding hydrogens is 485 g/mol. The number of nitrogens with zero attached hydrogens (tertiary/aromatic N) is 1. The number of benzene rings is 2. The van der Waals surface area contributed by atoms with Crippen LogP contribution in [0.1, 0.15) is 47.6 Å². The highest BCUT2D eigenvalue weighted by Gasteiger charge is 2.33. The highest BCUT2D eigenvalue weighted by atomic mass is 79.9. The summed E-state index contributed by atoms with van der Waals surface area (Å²) in [5, 5.41) is 1.65. The quantitative estimate of drug-likeness (QED) is 0.268. The minimum atomic E-state index is -0.333. The molecule has 30 heavy (non-hydrogen) atoms. The Balaban J connectivity index is 1.56. The summed E-state index contributed by atoms with van der Waals surface area (Å²) in [6.07, 6.45) is 4.82. The van der Waals surface area contributed by atoms with Gasteiger partial charge >= 0.3 is 0 Å². The molecule has 0 amide bonds. The van der Waals surface area contributed by atoms with Gasteiger partial charge in [-0.15, -0.1) is 11.3 Å². The summed E-state index contributed by atoms with van der Waals surface area (Å²) in [7, 11) is 0. The Morgan fingerprint density at radius 3 is 2.67 bits per heavy atom. The van der Waals surface area contributed by atoms with Crippen molar-refractivity contribution < 1.29 is 9.13 Å². The van der Waals surface area contributed by atoms with Crippen molar-refractivity contribution in [3.8, 4) is 17.0 Å². The van der Waals surface area contributed by atoms with Gasteiger partial charge in [-0.2, -0.15) is 0 Å². The lowest BCUT2D eigenvalue weighted by Crippen LogP contribution is -2.21. The summed E-state index contributed by atoms with van der Waals surface area (Å²) in [5.74, 6) is 0.917. The van der Waals surface area contributed by atoms with E-state index in [1.807, 2.05) is 41.7 Å². The molecule has 1 aliphatic carbocycles. The predicted molar refractivity (Wildman–Crippen MR) is 124 cm³/mol. The van der Waals surface area contributed by atoms with E-state index in [2.05, 4.69) is 32.6 Å². The standard InChI is InChI=1S/C24H18BrClFNOS/c25-15-11-17(27)23-19-10-14-9-16(26)5-6-18(14)28(19)24(29-20(23)12-15)22-8-7-21(30-22)13-3-1-2-4-13/h5-13,24H,1-4H2. The third-order valence-electron chi connectivity index (χ3n) is 6.20. The van der Waals surface area contributed by atoms with Gasteiger partial charge in [-0.1, -0.05) is 40.4 Å². The molecular formula is C24H18BrClFNOS. The van der Waals surface area contributed by atoms with Crippen LogP contribution < -0.4 is 4.74 Å². The highest BCUT2D eigenvalue weighted by Crippen LogP contribution is 2.48. The summed E-state index contributed by atoms with van der Waals surface area (Å²) in [6, 6.07) is 15.6. The molecule has 0 saturated heterocycles. The van der Waals surface area contributed by atoms with E-state index in [9.17, 15) is 0 Å². The van der Waals surface area contributed by atoms with Crippen LogP contribution in [0.3, 0.4) is 0 Å². The van der Waals surface area contributed by atoms with Crippen molar-refractivity contribution in [3.05, 3.63) is 73.6 Å². The van der Waals surface area contributed by atoms with Gasteiger partial charge < -0.3 is 4.74 Å². The Morgan fingerprint density at radius 2 is 1.83 bits per heavy atom. The highest BCUT2D eigenvalue weighted by molar-refractivity contribution is 9.10. The molecule has 152 valence electrons. The molecule has 6 heteroatoms. The molecule has 2 nitrogen and oxygen atoms in total. The second-order valence-corrected chi connectivity index (χ2v) is 10.6. The molecule has 1 saturated carbocycles. The lowest BCUT2D eigenvalue weighted by atomic mass is 10.1. The Kier molecular flexibility index (Phi) is 4.48. The first-order valence-electron chi connectivity index (χ1n) is 10.1. The molecule has 0 bridgehead atoms. The van der Waals surface area contributed by atoms with Crippen LogP contribution in [-0.4, -0.2) is 4.57 Å². The first-order chi connectivity index (χ1) is 14.6. The van der Waals surface area contributed by atoms with E-state index in [4.69, 9.17) is 16.3 Å². The molecule has 1 fully saturated rings. The summed E-state index contributed by atoms with van der Waals surface area (Å²) in [4.78, 5) is 2.56. The van der Waals surface area contributed by atoms with Gasteiger partial charge in [0, 0.05) is 19.8 Å². The van der Waals surface area contributed by atoms with Gasteiger partial charge in [-0.05, 0) is 67.3 Å². The third-order valence-corrected chi connectivity index (χ3v) is 8.17. The molecule has 0 spiro atoms. The predicted octanol–water partition coefficient (Wildman–Crippen LogP) is 8.52. The Bertz CT molecular complexity index is 1290. The maximum absolute atomic E-state index is 15.0. The first-order valence-corrected chi connectivity index (χ1v) is 12.1. The molecule has 0 N–H and O–H groups in total. The topological polar surface area (TPSA) is 14.2 Å². The van der Waals surface area contributed by atoms with E-state index < -0.39 is 0 Å². The number of fused-ring (bicyclic) bond motifs is 5. The molecule has 2 aromatic carbocycles. The molecule has 0 radical (unpaired) electrons. The van der Waals surface area contributed by atoms with Crippen LogP contribution in [0.2, 0.25) is 5.02 Å². The van der Waals surface area contributed by atoms with Gasteiger partial charge in [-0.25, -0.2) is 4.39 Å². The van der Waals surface area contributed by atoms with Crippen molar-refractivity contribution in [2.45, 2.75) is 37.8 Å². The number of ether oxygens (including phenoxy) is 1. The molecule has 1 atom stereocenters. The van der Waals surface area contributed by atoms with Crippen molar-refractivity contribution >= 4 is 49.8 Å². The average molecular weight is 503 g/mol. The minimum Gasteiger partial charge on any atom is -0.464 e. The third kappa shape index (κ3) is 2.94. The Labute approximate surface area is 191 Å². The van der Waals surface area contributed by atoms with Crippen LogP contribution in [0.15, 0.2) is 53.0 Å². The molecule has 1 unspecified atom stereocenters. The molecule has 6 rings (SSSR count). The lowest BCUT2D eigenvalue weighted by Gasteiger charge is -2.29. The normalized spacial score (nSPS) is 18.4. The van der Waals surface area contributed by atoms with Crippen molar-refractivity contribution in [2.75, 3.05) is 0 Å². The monoisotopic (exact) mass is 501 g/mol. The molecule has 4 aromatic rings. The minimum absolute atomic E-state index is 0.300. The molecule has 2 aliphatic rings. The molecule has 2 aromatic heterocycles. The van der Waals surface area contributed by atoms with E-state index in [0.717, 1.165) is 21.5 Å². The van der Waals surface area contributed by atoms with Crippen molar-refractivity contribution in [1.82, 2.24) is 4.57 Å². The zero-order valence-electron chi connectivity index (χ0n) is 16.0. The van der Waals surface area contributed by atoms with Crippen LogP contribution in [0.25, 0.3) is 22.2 Å². The molecule has 1 aliphatic heterocycles. The van der Waals surface area contributed by atoms with Gasteiger partial charge in [-0.3, -0.25) is 4.57 Å². The van der Waals surface area contributed by atoms with Gasteiger partial charge in [0.05, 0.1) is 21.7 Å². The average Bonchev–Trinajstić information content (AvgIpc) is 3.45. The van der Waals surface area contributed by atoms with Crippen LogP contribution in [0.4, 0.5) is 4.39 Å². The van der Waals surface area contributed by atoms with E-state index in [1.54, 1.807) is 0 Å². The Hall–Kier alpha value is -1.82. The molecule has 3 heterocycles. The number of halogens is 3. The summed E-state index contributed by atoms with van der Waals surface area (Å²) >= 11 is 11.5. The van der Waals surface area contributed by atoms with E-state index in [0.29, 0.717) is 26.7 Å². The smallest absolute Gasteiger partial charge is 0.212 e. The van der Waals surface area contributed by atoms with E-state index >= 15 is 4.39 Å². The van der Waals surface area contributed by atoms with Crippen LogP contribution in [0, 0.1) is 5.82 Å². The maximum Gasteiger partial charge on any atom is 0.212 e. The fourth-order valence-corrected chi connectivity index (χ4v) is 6.62. The second-order valence-electron chi connectivity index (χ2n) is 8.06. The van der Waals surface area contributed by atoms with Gasteiger partial charge in [0.25, 0.3) is 0 Å². The zero-order chi connectivity index (χ0) is 20.4. The largest absolute Gasteiger partial charge is 0.464 e.